The lowest BCUT2D eigenvalue weighted by Gasteiger charge is -2.29. The highest BCUT2D eigenvalue weighted by molar-refractivity contribution is 6.02. The van der Waals surface area contributed by atoms with Crippen molar-refractivity contribution in [3.8, 4) is 0 Å². The van der Waals surface area contributed by atoms with Gasteiger partial charge in [-0.15, -0.1) is 0 Å². The van der Waals surface area contributed by atoms with Crippen LogP contribution in [0.2, 0.25) is 0 Å². The molecule has 1 aliphatic heterocycles. The van der Waals surface area contributed by atoms with Crippen molar-refractivity contribution in [1.82, 2.24) is 19.5 Å². The first kappa shape index (κ1) is 16.6. The van der Waals surface area contributed by atoms with Crippen LogP contribution < -0.4 is 5.73 Å². The number of anilines is 1. The Morgan fingerprint density at radius 2 is 2.08 bits per heavy atom. The minimum Gasteiger partial charge on any atom is -0.394 e. The highest BCUT2D eigenvalue weighted by atomic mass is 16.6. The van der Waals surface area contributed by atoms with Crippen LogP contribution in [0.3, 0.4) is 0 Å². The first-order valence-corrected chi connectivity index (χ1v) is 8.07. The summed E-state index contributed by atoms with van der Waals surface area (Å²) in [5, 5.41) is 19.8. The number of imidazole rings is 1. The van der Waals surface area contributed by atoms with Gasteiger partial charge in [0.2, 0.25) is 11.5 Å². The topological polar surface area (TPSA) is 136 Å². The Morgan fingerprint density at radius 1 is 1.31 bits per heavy atom. The van der Waals surface area contributed by atoms with E-state index in [0.717, 1.165) is 0 Å². The van der Waals surface area contributed by atoms with Crippen molar-refractivity contribution in [3.63, 3.8) is 0 Å². The van der Waals surface area contributed by atoms with Gasteiger partial charge in [0.25, 0.3) is 0 Å². The summed E-state index contributed by atoms with van der Waals surface area (Å²) >= 11 is 0. The van der Waals surface area contributed by atoms with E-state index < -0.39 is 24.5 Å². The molecule has 0 radical (unpaired) electrons. The zero-order chi connectivity index (χ0) is 18.3. The van der Waals surface area contributed by atoms with Crippen molar-refractivity contribution >= 4 is 22.8 Å². The number of ether oxygens (including phenoxy) is 1. The van der Waals surface area contributed by atoms with Crippen molar-refractivity contribution in [3.05, 3.63) is 48.5 Å². The second kappa shape index (κ2) is 6.13. The van der Waals surface area contributed by atoms with Crippen LogP contribution in [0.1, 0.15) is 16.8 Å². The lowest BCUT2D eigenvalue weighted by atomic mass is 9.96. The van der Waals surface area contributed by atoms with Crippen molar-refractivity contribution in [2.45, 2.75) is 24.4 Å². The predicted octanol–water partition coefficient (Wildman–Crippen LogP) is 0.0863. The van der Waals surface area contributed by atoms with Crippen LogP contribution in [0.5, 0.6) is 0 Å². The molecule has 9 heteroatoms. The number of Topliss-reactive ketones (excluding diaryl/α,β-unsaturated/α-hetero) is 1. The molecule has 3 atom stereocenters. The molecule has 1 aromatic carbocycles. The van der Waals surface area contributed by atoms with Gasteiger partial charge in [0, 0.05) is 12.0 Å². The molecule has 134 valence electrons. The molecule has 0 bridgehead atoms. The Kier molecular flexibility index (Phi) is 3.91. The van der Waals surface area contributed by atoms with E-state index in [1.165, 1.54) is 17.2 Å². The van der Waals surface area contributed by atoms with Crippen LogP contribution in [0, 0.1) is 0 Å². The minimum atomic E-state index is -1.59. The van der Waals surface area contributed by atoms with E-state index in [1.807, 2.05) is 0 Å². The van der Waals surface area contributed by atoms with E-state index in [1.54, 1.807) is 30.3 Å². The molecule has 0 aliphatic carbocycles. The summed E-state index contributed by atoms with van der Waals surface area (Å²) in [6, 6.07) is 8.60. The van der Waals surface area contributed by atoms with Crippen LogP contribution in [0.25, 0.3) is 11.2 Å². The largest absolute Gasteiger partial charge is 0.394 e. The van der Waals surface area contributed by atoms with Gasteiger partial charge in [-0.2, -0.15) is 0 Å². The SMILES string of the molecule is Nc1ncnc2c1ncn2[C@@]1(C(=O)c2ccccc2)C[C@H](O)[C@@H](CO)O1. The minimum absolute atomic E-state index is 0.0542. The van der Waals surface area contributed by atoms with Crippen LogP contribution in [0.4, 0.5) is 5.82 Å². The normalized spacial score (nSPS) is 25.6. The van der Waals surface area contributed by atoms with Gasteiger partial charge in [-0.25, -0.2) is 15.0 Å². The number of fused-ring (bicyclic) bond motifs is 1. The second-order valence-corrected chi connectivity index (χ2v) is 6.14. The third kappa shape index (κ3) is 2.37. The molecular weight excluding hydrogens is 338 g/mol. The Hall–Kier alpha value is -2.88. The monoisotopic (exact) mass is 355 g/mol. The summed E-state index contributed by atoms with van der Waals surface area (Å²) in [7, 11) is 0. The smallest absolute Gasteiger partial charge is 0.215 e. The summed E-state index contributed by atoms with van der Waals surface area (Å²) in [4.78, 5) is 25.6. The number of rotatable bonds is 4. The summed E-state index contributed by atoms with van der Waals surface area (Å²) < 4.78 is 7.34. The van der Waals surface area contributed by atoms with E-state index in [2.05, 4.69) is 15.0 Å². The van der Waals surface area contributed by atoms with Crippen molar-refractivity contribution in [2.75, 3.05) is 12.3 Å². The molecule has 9 nitrogen and oxygen atoms in total. The Balaban J connectivity index is 1.92. The maximum atomic E-state index is 13.4. The first-order valence-electron chi connectivity index (χ1n) is 8.07. The molecular formula is C17H17N5O4. The van der Waals surface area contributed by atoms with Gasteiger partial charge in [-0.3, -0.25) is 9.36 Å². The van der Waals surface area contributed by atoms with Crippen LogP contribution in [-0.4, -0.2) is 54.3 Å². The molecule has 0 unspecified atom stereocenters. The van der Waals surface area contributed by atoms with E-state index in [9.17, 15) is 15.0 Å². The van der Waals surface area contributed by atoms with Gasteiger partial charge in [0.15, 0.2) is 11.5 Å². The number of aliphatic hydroxyl groups excluding tert-OH is 2. The molecule has 1 fully saturated rings. The average Bonchev–Trinajstić information content (AvgIpc) is 3.24. The Bertz CT molecular complexity index is 960. The fraction of sp³-hybridized carbons (Fsp3) is 0.294. The number of benzene rings is 1. The molecule has 4 N–H and O–H groups in total. The van der Waals surface area contributed by atoms with Gasteiger partial charge < -0.3 is 20.7 Å². The van der Waals surface area contributed by atoms with Crippen LogP contribution in [-0.2, 0) is 10.5 Å². The molecule has 1 saturated heterocycles. The van der Waals surface area contributed by atoms with E-state index in [-0.39, 0.29) is 18.0 Å². The molecule has 0 spiro atoms. The lowest BCUT2D eigenvalue weighted by molar-refractivity contribution is -0.0900. The number of nitrogens with two attached hydrogens (primary N) is 1. The van der Waals surface area contributed by atoms with Gasteiger partial charge >= 0.3 is 0 Å². The fourth-order valence-electron chi connectivity index (χ4n) is 3.29. The van der Waals surface area contributed by atoms with Crippen LogP contribution in [0.15, 0.2) is 43.0 Å². The number of hydrogen-bond donors (Lipinski definition) is 3. The quantitative estimate of drug-likeness (QED) is 0.560. The Labute approximate surface area is 148 Å². The Morgan fingerprint density at radius 3 is 2.77 bits per heavy atom. The molecule has 26 heavy (non-hydrogen) atoms. The third-order valence-electron chi connectivity index (χ3n) is 4.58. The number of hydrogen-bond acceptors (Lipinski definition) is 8. The number of nitrogens with zero attached hydrogens (tertiary/aromatic N) is 4. The fourth-order valence-corrected chi connectivity index (χ4v) is 3.29. The maximum absolute atomic E-state index is 13.4. The highest BCUT2D eigenvalue weighted by Crippen LogP contribution is 2.39. The van der Waals surface area contributed by atoms with E-state index >= 15 is 0 Å². The average molecular weight is 355 g/mol. The number of carbonyl (C=O) groups excluding carboxylic acids is 1. The number of carbonyl (C=O) groups is 1. The van der Waals surface area contributed by atoms with E-state index in [4.69, 9.17) is 10.5 Å². The third-order valence-corrected chi connectivity index (χ3v) is 4.58. The summed E-state index contributed by atoms with van der Waals surface area (Å²) in [6.07, 6.45) is 0.680. The van der Waals surface area contributed by atoms with Crippen molar-refractivity contribution in [1.29, 1.82) is 0 Å². The molecule has 0 amide bonds. The molecule has 3 aromatic rings. The summed E-state index contributed by atoms with van der Waals surface area (Å²) in [5.74, 6) is -0.196. The number of nitrogen functional groups attached to an aromatic ring is 1. The lowest BCUT2D eigenvalue weighted by Crippen LogP contribution is -2.42. The number of aliphatic hydroxyl groups is 2. The van der Waals surface area contributed by atoms with Gasteiger partial charge in [0.05, 0.1) is 19.0 Å². The van der Waals surface area contributed by atoms with Gasteiger partial charge in [0.1, 0.15) is 17.9 Å². The predicted molar refractivity (Wildman–Crippen MR) is 91.1 cm³/mol. The molecule has 2 aromatic heterocycles. The van der Waals surface area contributed by atoms with Gasteiger partial charge in [-0.05, 0) is 0 Å². The van der Waals surface area contributed by atoms with Crippen molar-refractivity contribution in [2.24, 2.45) is 0 Å². The van der Waals surface area contributed by atoms with Crippen molar-refractivity contribution < 1.29 is 19.7 Å². The zero-order valence-electron chi connectivity index (χ0n) is 13.7. The second-order valence-electron chi connectivity index (χ2n) is 6.14. The highest BCUT2D eigenvalue weighted by Gasteiger charge is 2.53. The standard InChI is InChI=1S/C17H17N5O4/c18-15-13-16(20-8-19-15)22(9-21-13)17(6-11(24)12(7-23)26-17)14(25)10-4-2-1-3-5-10/h1-5,8-9,11-12,23-24H,6-7H2,(H2,18,19,20)/t11-,12+,17-/m0/s1. The summed E-state index contributed by atoms with van der Waals surface area (Å²) in [6.45, 7) is -0.422. The summed E-state index contributed by atoms with van der Waals surface area (Å²) in [5.41, 5.74) is 5.29. The van der Waals surface area contributed by atoms with Gasteiger partial charge in [-0.1, -0.05) is 30.3 Å². The molecule has 1 aliphatic rings. The van der Waals surface area contributed by atoms with E-state index in [0.29, 0.717) is 16.7 Å². The molecule has 3 heterocycles. The number of ketones is 1. The maximum Gasteiger partial charge on any atom is 0.215 e. The van der Waals surface area contributed by atoms with Crippen LogP contribution >= 0.6 is 0 Å². The molecule has 4 rings (SSSR count). The first-order chi connectivity index (χ1) is 12.6. The molecule has 0 saturated carbocycles. The number of aromatic nitrogens is 4. The zero-order valence-corrected chi connectivity index (χ0v) is 13.7.